The minimum absolute atomic E-state index is 0.248. The maximum absolute atomic E-state index is 6.76. The summed E-state index contributed by atoms with van der Waals surface area (Å²) in [6.45, 7) is 10.6. The van der Waals surface area contributed by atoms with E-state index in [9.17, 15) is 0 Å². The van der Waals surface area contributed by atoms with Gasteiger partial charge in [-0.3, -0.25) is 0 Å². The van der Waals surface area contributed by atoms with Gasteiger partial charge in [-0.2, -0.15) is 0 Å². The molecular weight excluding hydrogens is 729 g/mol. The molecule has 290 valence electrons. The lowest BCUT2D eigenvalue weighted by atomic mass is 9.84. The Kier molecular flexibility index (Phi) is 7.76. The second-order valence-electron chi connectivity index (χ2n) is 15.9. The summed E-state index contributed by atoms with van der Waals surface area (Å²) in [4.78, 5) is 38.6. The highest BCUT2D eigenvalue weighted by molar-refractivity contribution is 6.10. The molecule has 2 N–H and O–H groups in total. The van der Waals surface area contributed by atoms with Gasteiger partial charge in [-0.15, -0.1) is 0 Å². The third kappa shape index (κ3) is 5.19. The lowest BCUT2D eigenvalue weighted by molar-refractivity contribution is 0.0715. The molecule has 12 heteroatoms. The van der Waals surface area contributed by atoms with Crippen molar-refractivity contribution in [3.8, 4) is 68.5 Å². The smallest absolute Gasteiger partial charge is 0.168 e. The Morgan fingerprint density at radius 3 is 1.21 bits per heavy atom. The minimum Gasteiger partial charge on any atom is -0.492 e. The summed E-state index contributed by atoms with van der Waals surface area (Å²) in [5.41, 5.74) is 5.01. The Balaban J connectivity index is 1.32. The van der Waals surface area contributed by atoms with Gasteiger partial charge in [-0.1, -0.05) is 76.2 Å². The molecule has 0 atom stereocenters. The van der Waals surface area contributed by atoms with E-state index in [0.717, 1.165) is 69.5 Å². The van der Waals surface area contributed by atoms with Crippen molar-refractivity contribution < 1.29 is 18.9 Å². The van der Waals surface area contributed by atoms with Crippen LogP contribution in [0.4, 0.5) is 0 Å². The fourth-order valence-corrected chi connectivity index (χ4v) is 8.66. The van der Waals surface area contributed by atoms with Crippen molar-refractivity contribution in [2.45, 2.75) is 53.4 Å². The van der Waals surface area contributed by atoms with Crippen LogP contribution in [0, 0.1) is 10.8 Å². The van der Waals surface area contributed by atoms with Crippen LogP contribution in [0.25, 0.3) is 89.7 Å². The molecule has 12 nitrogen and oxygen atoms in total. The molecule has 0 saturated carbocycles. The standard InChI is InChI=1S/C46H42N8O4/c1-5-45(6-2)21-55-29-17-9-13-25-33(29)41-49-37(25)47-39-27-15-11-19-31-35(27)43(51-39)54-44-36-28(16-12-20-32(36)58-24-46(7-3,8-4)23-57-31)40(52-44)48-38-26-14-10-18-30(56-22-45)34(26)42(50-38)53-41/h9-20H,5-8,21-24H2,1-4H3,(H2,47,48,49,50,51,52,53,54). The van der Waals surface area contributed by atoms with Crippen LogP contribution in [-0.2, 0) is 0 Å². The van der Waals surface area contributed by atoms with E-state index < -0.39 is 0 Å². The molecule has 0 unspecified atom stereocenters. The van der Waals surface area contributed by atoms with Gasteiger partial charge in [0.25, 0.3) is 0 Å². The molecule has 0 amide bonds. The van der Waals surface area contributed by atoms with Gasteiger partial charge in [0.2, 0.25) is 0 Å². The van der Waals surface area contributed by atoms with Crippen molar-refractivity contribution in [1.82, 2.24) is 39.9 Å². The number of hydrogen-bond acceptors (Lipinski definition) is 10. The molecule has 7 aromatic rings. The molecule has 11 rings (SSSR count). The summed E-state index contributed by atoms with van der Waals surface area (Å²) in [6, 6.07) is 24.1. The lowest BCUT2D eigenvalue weighted by Crippen LogP contribution is -2.34. The summed E-state index contributed by atoms with van der Waals surface area (Å²) in [7, 11) is 0. The number of rotatable bonds is 4. The average Bonchev–Trinajstić information content (AvgIpc) is 4.00. The first-order chi connectivity index (χ1) is 28.4. The first-order valence-corrected chi connectivity index (χ1v) is 20.3. The maximum atomic E-state index is 6.76. The molecule has 8 bridgehead atoms. The summed E-state index contributed by atoms with van der Waals surface area (Å²) in [6.07, 6.45) is 3.48. The fourth-order valence-electron chi connectivity index (χ4n) is 8.66. The van der Waals surface area contributed by atoms with Gasteiger partial charge in [0.05, 0.1) is 48.3 Å². The van der Waals surface area contributed by atoms with Crippen molar-refractivity contribution in [3.05, 3.63) is 72.8 Å². The van der Waals surface area contributed by atoms with Crippen LogP contribution in [-0.4, -0.2) is 66.3 Å². The zero-order valence-corrected chi connectivity index (χ0v) is 32.9. The second-order valence-corrected chi connectivity index (χ2v) is 15.9. The first kappa shape index (κ1) is 34.7. The van der Waals surface area contributed by atoms with Gasteiger partial charge >= 0.3 is 0 Å². The lowest BCUT2D eigenvalue weighted by Gasteiger charge is -2.32. The molecule has 0 radical (unpaired) electrons. The number of nitrogens with zero attached hydrogens (tertiary/aromatic N) is 6. The first-order valence-electron chi connectivity index (χ1n) is 20.3. The van der Waals surface area contributed by atoms with Crippen LogP contribution in [0.2, 0.25) is 0 Å². The van der Waals surface area contributed by atoms with Gasteiger partial charge in [0.1, 0.15) is 45.6 Å². The van der Waals surface area contributed by atoms with E-state index in [1.165, 1.54) is 0 Å². The SMILES string of the molecule is CCC1(CC)COc2cccc3c2-c2nc-3nc3[nH]c4nc5nc(nc6[nH]c(n2)c2c(cccc62)OC1)-c1cccc(c1-5)OCC(CC)(CC)COc1cccc3c14. The van der Waals surface area contributed by atoms with Gasteiger partial charge in [0.15, 0.2) is 23.3 Å². The molecule has 0 fully saturated rings. The normalized spacial score (nSPS) is 16.1. The molecule has 0 aliphatic carbocycles. The summed E-state index contributed by atoms with van der Waals surface area (Å²) in [5, 5.41) is 3.31. The molecule has 0 saturated heterocycles. The highest BCUT2D eigenvalue weighted by Gasteiger charge is 2.34. The molecule has 58 heavy (non-hydrogen) atoms. The predicted octanol–water partition coefficient (Wildman–Crippen LogP) is 10.0. The predicted molar refractivity (Wildman–Crippen MR) is 224 cm³/mol. The third-order valence-electron chi connectivity index (χ3n) is 12.9. The second kappa shape index (κ2) is 13.0. The van der Waals surface area contributed by atoms with Crippen LogP contribution < -0.4 is 18.9 Å². The number of nitrogens with one attached hydrogen (secondary N) is 2. The average molecular weight is 771 g/mol. The van der Waals surface area contributed by atoms with Crippen molar-refractivity contribution >= 4 is 44.1 Å². The van der Waals surface area contributed by atoms with E-state index in [1.54, 1.807) is 0 Å². The Labute approximate surface area is 334 Å². The molecule has 4 aliphatic heterocycles. The van der Waals surface area contributed by atoms with Crippen molar-refractivity contribution in [2.75, 3.05) is 26.4 Å². The molecule has 7 heterocycles. The molecule has 0 spiro atoms. The van der Waals surface area contributed by atoms with Crippen LogP contribution in [0.5, 0.6) is 23.0 Å². The quantitative estimate of drug-likeness (QED) is 0.177. The topological polar surface area (TPSA) is 146 Å². The van der Waals surface area contributed by atoms with E-state index in [1.807, 2.05) is 72.8 Å². The van der Waals surface area contributed by atoms with E-state index in [-0.39, 0.29) is 10.8 Å². The number of ether oxygens (including phenoxy) is 4. The molecular formula is C46H42N8O4. The van der Waals surface area contributed by atoms with Gasteiger partial charge < -0.3 is 28.9 Å². The number of benzene rings is 4. The van der Waals surface area contributed by atoms with E-state index >= 15 is 0 Å². The molecule has 4 aromatic carbocycles. The fraction of sp³-hybridized carbons (Fsp3) is 0.304. The molecule has 3 aromatic heterocycles. The number of hydrogen-bond donors (Lipinski definition) is 2. The van der Waals surface area contributed by atoms with Crippen molar-refractivity contribution in [2.24, 2.45) is 10.8 Å². The number of H-pyrrole nitrogens is 2. The minimum atomic E-state index is -0.248. The van der Waals surface area contributed by atoms with Crippen molar-refractivity contribution in [1.29, 1.82) is 0 Å². The van der Waals surface area contributed by atoms with E-state index in [2.05, 4.69) is 37.7 Å². The van der Waals surface area contributed by atoms with Gasteiger partial charge in [-0.05, 0) is 49.9 Å². The highest BCUT2D eigenvalue weighted by atomic mass is 16.5. The number of aromatic nitrogens is 8. The van der Waals surface area contributed by atoms with E-state index in [4.69, 9.17) is 48.9 Å². The Hall–Kier alpha value is -6.56. The number of fused-ring (bicyclic) bond motifs is 8. The maximum Gasteiger partial charge on any atom is 0.168 e. The number of aromatic amines is 2. The van der Waals surface area contributed by atoms with Crippen molar-refractivity contribution in [3.63, 3.8) is 0 Å². The molecule has 4 aliphatic rings. The summed E-state index contributed by atoms with van der Waals surface area (Å²) >= 11 is 0. The monoisotopic (exact) mass is 770 g/mol. The Morgan fingerprint density at radius 1 is 0.431 bits per heavy atom. The van der Waals surface area contributed by atoms with Crippen LogP contribution in [0.3, 0.4) is 0 Å². The van der Waals surface area contributed by atoms with Crippen LogP contribution in [0.15, 0.2) is 72.8 Å². The Morgan fingerprint density at radius 2 is 0.793 bits per heavy atom. The largest absolute Gasteiger partial charge is 0.492 e. The van der Waals surface area contributed by atoms with Gasteiger partial charge in [-0.25, -0.2) is 29.9 Å². The zero-order valence-electron chi connectivity index (χ0n) is 32.9. The summed E-state index contributed by atoms with van der Waals surface area (Å²) < 4.78 is 27.0. The zero-order chi connectivity index (χ0) is 39.2. The van der Waals surface area contributed by atoms with Crippen LogP contribution in [0.1, 0.15) is 53.4 Å². The third-order valence-corrected chi connectivity index (χ3v) is 12.9. The van der Waals surface area contributed by atoms with Crippen LogP contribution >= 0.6 is 0 Å². The highest BCUT2D eigenvalue weighted by Crippen LogP contribution is 2.46. The van der Waals surface area contributed by atoms with Gasteiger partial charge in [0, 0.05) is 32.7 Å². The van der Waals surface area contributed by atoms with E-state index in [0.29, 0.717) is 95.3 Å². The Bertz CT molecular complexity index is 2800. The summed E-state index contributed by atoms with van der Waals surface area (Å²) in [5.74, 6) is 4.74.